The fourth-order valence-corrected chi connectivity index (χ4v) is 3.09. The van der Waals surface area contributed by atoms with Crippen molar-refractivity contribution in [3.05, 3.63) is 22.1 Å². The van der Waals surface area contributed by atoms with Crippen molar-refractivity contribution in [1.29, 1.82) is 0 Å². The highest BCUT2D eigenvalue weighted by Gasteiger charge is 2.17. The molecule has 0 aliphatic rings. The second-order valence-electron chi connectivity index (χ2n) is 5.07. The van der Waals surface area contributed by atoms with Crippen molar-refractivity contribution in [2.75, 3.05) is 10.6 Å². The standard InChI is InChI=1S/C13H16BrN7O2S/c1-5(3-7(15)22)18-8-4-17-10(11(16)23)12(19-8)20-13-9(14)6(2)21-24-13/h4-5H,3H2,1-2H3,(H2,15,22)(H2,16,23)(H2,18,19,20). The molecule has 6 N–H and O–H groups in total. The number of aryl methyl sites for hydroxylation is 1. The summed E-state index contributed by atoms with van der Waals surface area (Å²) in [5.41, 5.74) is 11.3. The number of anilines is 3. The van der Waals surface area contributed by atoms with E-state index in [4.69, 9.17) is 11.5 Å². The van der Waals surface area contributed by atoms with Crippen molar-refractivity contribution in [3.63, 3.8) is 0 Å². The van der Waals surface area contributed by atoms with Crippen LogP contribution in [0.3, 0.4) is 0 Å². The van der Waals surface area contributed by atoms with E-state index in [0.717, 1.165) is 10.2 Å². The van der Waals surface area contributed by atoms with Crippen molar-refractivity contribution in [3.8, 4) is 0 Å². The van der Waals surface area contributed by atoms with Crippen molar-refractivity contribution in [2.24, 2.45) is 11.5 Å². The van der Waals surface area contributed by atoms with Gasteiger partial charge in [0.2, 0.25) is 5.91 Å². The van der Waals surface area contributed by atoms with Crippen LogP contribution in [0, 0.1) is 6.92 Å². The van der Waals surface area contributed by atoms with Gasteiger partial charge in [0.25, 0.3) is 5.91 Å². The van der Waals surface area contributed by atoms with Gasteiger partial charge in [0.05, 0.1) is 16.4 Å². The Morgan fingerprint density at radius 2 is 2.12 bits per heavy atom. The van der Waals surface area contributed by atoms with Crippen LogP contribution in [-0.2, 0) is 4.79 Å². The molecule has 2 amide bonds. The number of aromatic nitrogens is 3. The number of nitrogens with one attached hydrogen (secondary N) is 2. The van der Waals surface area contributed by atoms with Gasteiger partial charge in [-0.05, 0) is 41.3 Å². The summed E-state index contributed by atoms with van der Waals surface area (Å²) < 4.78 is 4.96. The molecule has 0 radical (unpaired) electrons. The fourth-order valence-electron chi connectivity index (χ4n) is 1.88. The number of carbonyl (C=O) groups is 2. The van der Waals surface area contributed by atoms with E-state index in [0.29, 0.717) is 10.8 Å². The first kappa shape index (κ1) is 18.1. The van der Waals surface area contributed by atoms with Crippen molar-refractivity contribution in [2.45, 2.75) is 26.3 Å². The predicted octanol–water partition coefficient (Wildman–Crippen LogP) is 1.52. The summed E-state index contributed by atoms with van der Waals surface area (Å²) in [6.45, 7) is 3.63. The monoisotopic (exact) mass is 413 g/mol. The first-order chi connectivity index (χ1) is 11.3. The van der Waals surface area contributed by atoms with Gasteiger partial charge in [0.1, 0.15) is 10.8 Å². The highest BCUT2D eigenvalue weighted by atomic mass is 79.9. The van der Waals surface area contributed by atoms with E-state index in [9.17, 15) is 9.59 Å². The molecule has 0 spiro atoms. The molecule has 128 valence electrons. The molecule has 24 heavy (non-hydrogen) atoms. The third kappa shape index (κ3) is 4.38. The van der Waals surface area contributed by atoms with Gasteiger partial charge in [-0.3, -0.25) is 9.59 Å². The molecule has 2 rings (SSSR count). The second kappa shape index (κ2) is 7.53. The van der Waals surface area contributed by atoms with E-state index in [1.165, 1.54) is 17.7 Å². The molecule has 0 saturated carbocycles. The van der Waals surface area contributed by atoms with Crippen LogP contribution in [0.5, 0.6) is 0 Å². The third-order valence-electron chi connectivity index (χ3n) is 2.93. The second-order valence-corrected chi connectivity index (χ2v) is 6.64. The smallest absolute Gasteiger partial charge is 0.271 e. The number of rotatable bonds is 7. The molecule has 2 aromatic rings. The first-order valence-corrected chi connectivity index (χ1v) is 8.45. The van der Waals surface area contributed by atoms with Gasteiger partial charge in [-0.25, -0.2) is 9.97 Å². The lowest BCUT2D eigenvalue weighted by atomic mass is 10.2. The molecule has 0 saturated heterocycles. The predicted molar refractivity (Wildman–Crippen MR) is 95.3 cm³/mol. The maximum absolute atomic E-state index is 11.6. The van der Waals surface area contributed by atoms with Crippen LogP contribution in [0.25, 0.3) is 0 Å². The summed E-state index contributed by atoms with van der Waals surface area (Å²) in [5, 5.41) is 6.67. The zero-order valence-electron chi connectivity index (χ0n) is 13.0. The van der Waals surface area contributed by atoms with Gasteiger partial charge in [-0.15, -0.1) is 0 Å². The molecular formula is C13H16BrN7O2S. The lowest BCUT2D eigenvalue weighted by Crippen LogP contribution is -2.25. The number of nitrogens with two attached hydrogens (primary N) is 2. The maximum Gasteiger partial charge on any atom is 0.271 e. The Bertz CT molecular complexity index is 780. The number of amides is 2. The maximum atomic E-state index is 11.6. The van der Waals surface area contributed by atoms with E-state index >= 15 is 0 Å². The highest BCUT2D eigenvalue weighted by Crippen LogP contribution is 2.32. The normalized spacial score (nSPS) is 11.8. The van der Waals surface area contributed by atoms with Gasteiger partial charge in [-0.1, -0.05) is 0 Å². The van der Waals surface area contributed by atoms with E-state index in [2.05, 4.69) is 40.9 Å². The summed E-state index contributed by atoms with van der Waals surface area (Å²) in [6.07, 6.45) is 1.51. The van der Waals surface area contributed by atoms with Crippen LogP contribution in [0.1, 0.15) is 29.5 Å². The molecule has 2 aromatic heterocycles. The number of hydrogen-bond acceptors (Lipinski definition) is 8. The van der Waals surface area contributed by atoms with E-state index in [-0.39, 0.29) is 24.0 Å². The Balaban J connectivity index is 2.29. The lowest BCUT2D eigenvalue weighted by molar-refractivity contribution is -0.118. The molecular weight excluding hydrogens is 398 g/mol. The molecule has 2 heterocycles. The Morgan fingerprint density at radius 1 is 1.42 bits per heavy atom. The summed E-state index contributed by atoms with van der Waals surface area (Å²) in [6, 6.07) is -0.235. The van der Waals surface area contributed by atoms with Crippen LogP contribution < -0.4 is 22.1 Å². The number of primary amides is 2. The summed E-state index contributed by atoms with van der Waals surface area (Å²) in [4.78, 5) is 30.8. The minimum Gasteiger partial charge on any atom is -0.370 e. The topological polar surface area (TPSA) is 149 Å². The largest absolute Gasteiger partial charge is 0.370 e. The summed E-state index contributed by atoms with van der Waals surface area (Å²) >= 11 is 4.62. The number of nitrogens with zero attached hydrogens (tertiary/aromatic N) is 3. The molecule has 1 atom stereocenters. The van der Waals surface area contributed by atoms with Crippen LogP contribution in [0.2, 0.25) is 0 Å². The molecule has 0 aliphatic carbocycles. The molecule has 0 aliphatic heterocycles. The van der Waals surface area contributed by atoms with E-state index in [1.807, 2.05) is 6.92 Å². The zero-order valence-corrected chi connectivity index (χ0v) is 15.4. The Kier molecular flexibility index (Phi) is 5.67. The molecule has 11 heteroatoms. The Labute approximate surface area is 150 Å². The zero-order chi connectivity index (χ0) is 17.9. The van der Waals surface area contributed by atoms with Crippen LogP contribution in [0.4, 0.5) is 16.6 Å². The lowest BCUT2D eigenvalue weighted by Gasteiger charge is -2.14. The van der Waals surface area contributed by atoms with Gasteiger partial charge in [-0.2, -0.15) is 4.37 Å². The van der Waals surface area contributed by atoms with Crippen molar-refractivity contribution < 1.29 is 9.59 Å². The van der Waals surface area contributed by atoms with Gasteiger partial charge >= 0.3 is 0 Å². The van der Waals surface area contributed by atoms with Gasteiger partial charge < -0.3 is 22.1 Å². The molecule has 0 aromatic carbocycles. The van der Waals surface area contributed by atoms with Crippen LogP contribution in [-0.4, -0.2) is 32.2 Å². The third-order valence-corrected chi connectivity index (χ3v) is 5.02. The Morgan fingerprint density at radius 3 is 2.67 bits per heavy atom. The number of carbonyl (C=O) groups excluding carboxylic acids is 2. The Hall–Kier alpha value is -2.27. The number of halogens is 1. The van der Waals surface area contributed by atoms with Crippen molar-refractivity contribution >= 4 is 55.9 Å². The van der Waals surface area contributed by atoms with Crippen LogP contribution >= 0.6 is 27.5 Å². The quantitative estimate of drug-likeness (QED) is 0.537. The van der Waals surface area contributed by atoms with Gasteiger partial charge in [0, 0.05) is 12.5 Å². The average Bonchev–Trinajstić information content (AvgIpc) is 2.78. The number of hydrogen-bond donors (Lipinski definition) is 4. The molecule has 9 nitrogen and oxygen atoms in total. The summed E-state index contributed by atoms with van der Waals surface area (Å²) in [5.74, 6) is -0.560. The molecule has 1 unspecified atom stereocenters. The van der Waals surface area contributed by atoms with E-state index < -0.39 is 11.8 Å². The van der Waals surface area contributed by atoms with E-state index in [1.54, 1.807) is 6.92 Å². The highest BCUT2D eigenvalue weighted by molar-refractivity contribution is 9.10. The van der Waals surface area contributed by atoms with Crippen molar-refractivity contribution in [1.82, 2.24) is 14.3 Å². The average molecular weight is 414 g/mol. The minimum absolute atomic E-state index is 0.000979. The molecule has 0 bridgehead atoms. The van der Waals surface area contributed by atoms with Gasteiger partial charge in [0.15, 0.2) is 11.5 Å². The first-order valence-electron chi connectivity index (χ1n) is 6.88. The fraction of sp³-hybridized carbons (Fsp3) is 0.308. The minimum atomic E-state index is -0.709. The van der Waals surface area contributed by atoms with Crippen LogP contribution in [0.15, 0.2) is 10.7 Å². The SMILES string of the molecule is Cc1nsc(Nc2nc(NC(C)CC(N)=O)cnc2C(N)=O)c1Br. The summed E-state index contributed by atoms with van der Waals surface area (Å²) in [7, 11) is 0. The molecule has 0 fully saturated rings.